The van der Waals surface area contributed by atoms with E-state index in [1.54, 1.807) is 0 Å². The Hall–Kier alpha value is 0.350. The Morgan fingerprint density at radius 2 is 1.80 bits per heavy atom. The second-order valence-electron chi connectivity index (χ2n) is 0.512. The number of aliphatic hydroxyl groups excluding tert-OH is 1. The van der Waals surface area contributed by atoms with E-state index >= 15 is 0 Å². The summed E-state index contributed by atoms with van der Waals surface area (Å²) in [6.07, 6.45) is 0. The third-order valence-corrected chi connectivity index (χ3v) is 0.129. The van der Waals surface area contributed by atoms with E-state index in [1.165, 1.54) is 0 Å². The first-order valence-corrected chi connectivity index (χ1v) is 1.22. The molecule has 0 spiro atoms. The highest BCUT2D eigenvalue weighted by atomic mass is 31.0. The van der Waals surface area contributed by atoms with Crippen LogP contribution in [0.15, 0.2) is 0 Å². The maximum atomic E-state index is 7.75. The third kappa shape index (κ3) is 13.2. The lowest BCUT2D eigenvalue weighted by atomic mass is 10.8. The van der Waals surface area contributed by atoms with Crippen LogP contribution in [0.25, 0.3) is 0 Å². The number of nitrogens with two attached hydrogens (primary N) is 1. The molecule has 31 valence electrons. The molecule has 0 aromatic heterocycles. The van der Waals surface area contributed by atoms with Gasteiger partial charge in [0.15, 0.2) is 0 Å². The van der Waals surface area contributed by atoms with Crippen LogP contribution in [0, 0.1) is 0 Å². The van der Waals surface area contributed by atoms with Gasteiger partial charge in [-0.1, -0.05) is 0 Å². The molecule has 0 saturated carbocycles. The SMILES string of the molecule is NCCO.[P]. The summed E-state index contributed by atoms with van der Waals surface area (Å²) in [4.78, 5) is 0. The van der Waals surface area contributed by atoms with Crippen LogP contribution in [0.2, 0.25) is 0 Å². The topological polar surface area (TPSA) is 46.2 Å². The zero-order valence-corrected chi connectivity index (χ0v) is 3.78. The number of rotatable bonds is 1. The molecule has 0 atom stereocenters. The largest absolute Gasteiger partial charge is 0.395 e. The predicted octanol–water partition coefficient (Wildman–Crippen LogP) is -0.201. The first kappa shape index (κ1) is 9.02. The van der Waals surface area contributed by atoms with Crippen molar-refractivity contribution in [1.29, 1.82) is 0 Å². The zero-order valence-electron chi connectivity index (χ0n) is 2.89. The molecule has 5 heavy (non-hydrogen) atoms. The Balaban J connectivity index is 0. The van der Waals surface area contributed by atoms with E-state index in [9.17, 15) is 0 Å². The van der Waals surface area contributed by atoms with Gasteiger partial charge in [-0.25, -0.2) is 0 Å². The van der Waals surface area contributed by atoms with Crippen molar-refractivity contribution in [2.24, 2.45) is 5.73 Å². The van der Waals surface area contributed by atoms with Crippen molar-refractivity contribution in [1.82, 2.24) is 0 Å². The van der Waals surface area contributed by atoms with Gasteiger partial charge in [-0.15, -0.1) is 0 Å². The molecule has 0 rings (SSSR count). The summed E-state index contributed by atoms with van der Waals surface area (Å²) >= 11 is 0. The molecule has 0 fully saturated rings. The second-order valence-corrected chi connectivity index (χ2v) is 0.512. The molecule has 3 heteroatoms. The average Bonchev–Trinajstić information content (AvgIpc) is 1.37. The fourth-order valence-electron chi connectivity index (χ4n) is 0. The molecule has 3 radical (unpaired) electrons. The fraction of sp³-hybridized carbons (Fsp3) is 1.00. The van der Waals surface area contributed by atoms with Crippen LogP contribution in [-0.4, -0.2) is 18.3 Å². The van der Waals surface area contributed by atoms with Crippen molar-refractivity contribution in [3.63, 3.8) is 0 Å². The maximum Gasteiger partial charge on any atom is 0.0553 e. The summed E-state index contributed by atoms with van der Waals surface area (Å²) in [5.74, 6) is 0. The first-order valence-electron chi connectivity index (χ1n) is 1.22. The molecule has 0 aliphatic rings. The quantitative estimate of drug-likeness (QED) is 0.440. The van der Waals surface area contributed by atoms with Crippen LogP contribution in [0.5, 0.6) is 0 Å². The van der Waals surface area contributed by atoms with Gasteiger partial charge in [-0.3, -0.25) is 0 Å². The summed E-state index contributed by atoms with van der Waals surface area (Å²) in [6.45, 7) is 0.472. The summed E-state index contributed by atoms with van der Waals surface area (Å²) in [6, 6.07) is 0. The van der Waals surface area contributed by atoms with Crippen molar-refractivity contribution in [3.8, 4) is 0 Å². The van der Waals surface area contributed by atoms with Gasteiger partial charge < -0.3 is 10.8 Å². The summed E-state index contributed by atoms with van der Waals surface area (Å²) in [5.41, 5.74) is 4.78. The number of aliphatic hydroxyl groups is 1. The zero-order chi connectivity index (χ0) is 3.41. The fourth-order valence-corrected chi connectivity index (χ4v) is 0. The smallest absolute Gasteiger partial charge is 0.0553 e. The van der Waals surface area contributed by atoms with Gasteiger partial charge in [0.05, 0.1) is 6.61 Å². The lowest BCUT2D eigenvalue weighted by Crippen LogP contribution is -2.02. The highest BCUT2D eigenvalue weighted by Crippen LogP contribution is 1.33. The van der Waals surface area contributed by atoms with E-state index < -0.39 is 0 Å². The first-order chi connectivity index (χ1) is 1.91. The van der Waals surface area contributed by atoms with Crippen LogP contribution in [-0.2, 0) is 0 Å². The van der Waals surface area contributed by atoms with Crippen LogP contribution < -0.4 is 5.73 Å². The molecule has 0 aliphatic heterocycles. The molecule has 0 aromatic carbocycles. The summed E-state index contributed by atoms with van der Waals surface area (Å²) < 4.78 is 0. The van der Waals surface area contributed by atoms with Gasteiger partial charge >= 0.3 is 0 Å². The van der Waals surface area contributed by atoms with Crippen molar-refractivity contribution in [3.05, 3.63) is 0 Å². The highest BCUT2D eigenvalue weighted by Gasteiger charge is 1.56. The normalized spacial score (nSPS) is 6.00. The van der Waals surface area contributed by atoms with E-state index in [2.05, 4.69) is 0 Å². The van der Waals surface area contributed by atoms with Crippen LogP contribution in [0.3, 0.4) is 0 Å². The summed E-state index contributed by atoms with van der Waals surface area (Å²) in [5, 5.41) is 7.75. The van der Waals surface area contributed by atoms with Crippen molar-refractivity contribution >= 4 is 9.90 Å². The average molecular weight is 92.1 g/mol. The van der Waals surface area contributed by atoms with Crippen LogP contribution in [0.1, 0.15) is 0 Å². The minimum absolute atomic E-state index is 0. The summed E-state index contributed by atoms with van der Waals surface area (Å²) in [7, 11) is 0. The van der Waals surface area contributed by atoms with Gasteiger partial charge in [-0.2, -0.15) is 0 Å². The van der Waals surface area contributed by atoms with Crippen LogP contribution in [0.4, 0.5) is 0 Å². The standard InChI is InChI=1S/C2H7NO.P/c3-1-2-4;/h4H,1-3H2;. The molecule has 0 saturated heterocycles. The van der Waals surface area contributed by atoms with E-state index in [4.69, 9.17) is 10.8 Å². The Bertz CT molecular complexity index is 11.6. The molecule has 0 bridgehead atoms. The molecule has 2 nitrogen and oxygen atoms in total. The maximum absolute atomic E-state index is 7.75. The van der Waals surface area contributed by atoms with Gasteiger partial charge in [0.25, 0.3) is 0 Å². The van der Waals surface area contributed by atoms with Gasteiger partial charge in [0.1, 0.15) is 0 Å². The lowest BCUT2D eigenvalue weighted by molar-refractivity contribution is 0.306. The van der Waals surface area contributed by atoms with Crippen molar-refractivity contribution in [2.45, 2.75) is 0 Å². The molecule has 0 amide bonds. The monoisotopic (exact) mass is 92.0 g/mol. The van der Waals surface area contributed by atoms with Gasteiger partial charge in [0.2, 0.25) is 0 Å². The van der Waals surface area contributed by atoms with Gasteiger partial charge in [0, 0.05) is 16.4 Å². The van der Waals surface area contributed by atoms with E-state index in [0.29, 0.717) is 6.54 Å². The van der Waals surface area contributed by atoms with Crippen LogP contribution >= 0.6 is 9.90 Å². The Morgan fingerprint density at radius 1 is 1.60 bits per heavy atom. The Kier molecular flexibility index (Phi) is 15.9. The minimum Gasteiger partial charge on any atom is -0.395 e. The second kappa shape index (κ2) is 8.84. The van der Waals surface area contributed by atoms with E-state index in [0.717, 1.165) is 0 Å². The van der Waals surface area contributed by atoms with Crippen molar-refractivity contribution in [2.75, 3.05) is 13.2 Å². The lowest BCUT2D eigenvalue weighted by Gasteiger charge is -1.71. The minimum atomic E-state index is 0. The third-order valence-electron chi connectivity index (χ3n) is 0.129. The van der Waals surface area contributed by atoms with E-state index in [-0.39, 0.29) is 16.5 Å². The molecule has 0 heterocycles. The Morgan fingerprint density at radius 3 is 1.80 bits per heavy atom. The van der Waals surface area contributed by atoms with Crippen molar-refractivity contribution < 1.29 is 5.11 Å². The van der Waals surface area contributed by atoms with E-state index in [1.807, 2.05) is 0 Å². The van der Waals surface area contributed by atoms with Gasteiger partial charge in [-0.05, 0) is 0 Å². The highest BCUT2D eigenvalue weighted by molar-refractivity contribution is 6.92. The predicted molar refractivity (Wildman–Crippen MR) is 23.1 cm³/mol. The number of hydrogen-bond acceptors (Lipinski definition) is 2. The molecule has 0 aromatic rings. The molecular weight excluding hydrogens is 85.0 g/mol. The molecule has 0 aliphatic carbocycles. The molecule has 0 unspecified atom stereocenters. The Labute approximate surface area is 35.0 Å². The molecule has 3 N–H and O–H groups in total. The number of hydrogen-bond donors (Lipinski definition) is 2. The molecular formula is C2H7NOP.